The Balaban J connectivity index is 1.59. The third kappa shape index (κ3) is 4.07. The first-order valence-electron chi connectivity index (χ1n) is 11.5. The Morgan fingerprint density at radius 1 is 1.22 bits per heavy atom. The van der Waals surface area contributed by atoms with E-state index in [9.17, 15) is 9.90 Å². The molecule has 2 N–H and O–H groups in total. The fraction of sp³-hybridized carbons (Fsp3) is 0.423. The highest BCUT2D eigenvalue weighted by molar-refractivity contribution is 5.92. The Bertz CT molecular complexity index is 1170. The van der Waals surface area contributed by atoms with Gasteiger partial charge in [-0.05, 0) is 80.5 Å². The van der Waals surface area contributed by atoms with E-state index in [2.05, 4.69) is 42.3 Å². The van der Waals surface area contributed by atoms with Crippen molar-refractivity contribution in [3.63, 3.8) is 0 Å². The predicted molar refractivity (Wildman–Crippen MR) is 124 cm³/mol. The van der Waals surface area contributed by atoms with E-state index in [4.69, 9.17) is 9.72 Å². The molecule has 5 rings (SSSR count). The molecule has 6 nitrogen and oxygen atoms in total. The molecule has 1 aliphatic heterocycles. The van der Waals surface area contributed by atoms with Crippen LogP contribution in [0.5, 0.6) is 0 Å². The van der Waals surface area contributed by atoms with Crippen LogP contribution in [-0.2, 0) is 4.74 Å². The van der Waals surface area contributed by atoms with Crippen LogP contribution in [0.1, 0.15) is 83.4 Å². The molecule has 3 heterocycles. The van der Waals surface area contributed by atoms with Crippen LogP contribution in [0.3, 0.4) is 0 Å². The summed E-state index contributed by atoms with van der Waals surface area (Å²) in [5.74, 6) is -0.0697. The van der Waals surface area contributed by atoms with Crippen LogP contribution in [0.4, 0.5) is 5.69 Å². The van der Waals surface area contributed by atoms with Gasteiger partial charge in [-0.2, -0.15) is 0 Å². The Morgan fingerprint density at radius 3 is 2.78 bits per heavy atom. The monoisotopic (exact) mass is 431 g/mol. The first-order valence-corrected chi connectivity index (χ1v) is 11.5. The summed E-state index contributed by atoms with van der Waals surface area (Å²) < 4.78 is 5.81. The lowest BCUT2D eigenvalue weighted by Gasteiger charge is -2.26. The summed E-state index contributed by atoms with van der Waals surface area (Å²) in [6.45, 7) is 5.76. The van der Waals surface area contributed by atoms with Gasteiger partial charge in [0.05, 0.1) is 17.8 Å². The molecule has 0 amide bonds. The van der Waals surface area contributed by atoms with Crippen LogP contribution >= 0.6 is 0 Å². The minimum Gasteiger partial charge on any atom is -0.476 e. The van der Waals surface area contributed by atoms with Crippen molar-refractivity contribution in [2.45, 2.75) is 57.4 Å². The maximum Gasteiger partial charge on any atom is 0.356 e. The Hall–Kier alpha value is -2.99. The molecule has 3 aromatic rings. The average Bonchev–Trinajstić information content (AvgIpc) is 3.64. The number of aromatic carboxylic acids is 1. The van der Waals surface area contributed by atoms with Crippen molar-refractivity contribution in [2.75, 3.05) is 18.5 Å². The molecule has 1 saturated carbocycles. The minimum absolute atomic E-state index is 0.0329. The van der Waals surface area contributed by atoms with E-state index in [-0.39, 0.29) is 11.7 Å². The van der Waals surface area contributed by atoms with Gasteiger partial charge in [0.1, 0.15) is 0 Å². The molecule has 2 fully saturated rings. The largest absolute Gasteiger partial charge is 0.476 e. The normalized spacial score (nSPS) is 19.6. The van der Waals surface area contributed by atoms with Gasteiger partial charge in [0.25, 0.3) is 0 Å². The van der Waals surface area contributed by atoms with E-state index in [0.717, 1.165) is 48.1 Å². The van der Waals surface area contributed by atoms with E-state index in [1.807, 2.05) is 0 Å². The second-order valence-corrected chi connectivity index (χ2v) is 9.14. The van der Waals surface area contributed by atoms with Gasteiger partial charge in [-0.25, -0.2) is 9.78 Å². The second kappa shape index (κ2) is 8.51. The highest BCUT2D eigenvalue weighted by atomic mass is 16.5. The van der Waals surface area contributed by atoms with Crippen molar-refractivity contribution in [1.82, 2.24) is 9.97 Å². The first-order chi connectivity index (χ1) is 15.5. The van der Waals surface area contributed by atoms with Crippen LogP contribution in [-0.4, -0.2) is 34.3 Å². The maximum atomic E-state index is 11.6. The molecule has 1 saturated heterocycles. The molecule has 2 aromatic heterocycles. The predicted octanol–water partition coefficient (Wildman–Crippen LogP) is 5.58. The molecular weight excluding hydrogens is 402 g/mol. The molecule has 166 valence electrons. The number of anilines is 1. The summed E-state index contributed by atoms with van der Waals surface area (Å²) in [4.78, 5) is 20.8. The van der Waals surface area contributed by atoms with Crippen molar-refractivity contribution in [1.29, 1.82) is 0 Å². The lowest BCUT2D eigenvalue weighted by molar-refractivity contribution is 0.0691. The van der Waals surface area contributed by atoms with Crippen molar-refractivity contribution < 1.29 is 14.6 Å². The first kappa shape index (κ1) is 20.9. The quantitative estimate of drug-likeness (QED) is 0.530. The minimum atomic E-state index is -1.04. The Kier molecular flexibility index (Phi) is 5.55. The number of nitrogens with zero attached hydrogens (tertiary/aromatic N) is 2. The molecule has 2 unspecified atom stereocenters. The number of nitrogens with one attached hydrogen (secondary N) is 1. The van der Waals surface area contributed by atoms with Gasteiger partial charge >= 0.3 is 5.97 Å². The smallest absolute Gasteiger partial charge is 0.356 e. The molecule has 0 bridgehead atoms. The standard InChI is InChI=1S/C26H29N3O3/c1-15-11-19(16(2)28-22-6-3-9-27-25(22)26(30)31)21-13-20(18-5-4-10-32-14-18)24(17-7-8-17)29-23(21)12-15/h3,6,9,11-13,16-18,28H,4-5,7-8,10,14H2,1-2H3,(H,30,31). The molecule has 32 heavy (non-hydrogen) atoms. The number of hydrogen-bond donors (Lipinski definition) is 2. The van der Waals surface area contributed by atoms with Gasteiger partial charge in [-0.15, -0.1) is 0 Å². The van der Waals surface area contributed by atoms with E-state index in [0.29, 0.717) is 17.5 Å². The molecule has 1 aromatic carbocycles. The van der Waals surface area contributed by atoms with Crippen LogP contribution in [0.25, 0.3) is 10.9 Å². The van der Waals surface area contributed by atoms with E-state index in [1.54, 1.807) is 12.1 Å². The zero-order valence-corrected chi connectivity index (χ0v) is 18.6. The van der Waals surface area contributed by atoms with Gasteiger partial charge in [0, 0.05) is 41.8 Å². The van der Waals surface area contributed by atoms with E-state index >= 15 is 0 Å². The van der Waals surface area contributed by atoms with Crippen molar-refractivity contribution >= 4 is 22.6 Å². The van der Waals surface area contributed by atoms with Gasteiger partial charge in [-0.1, -0.05) is 6.07 Å². The highest BCUT2D eigenvalue weighted by Gasteiger charge is 2.31. The maximum absolute atomic E-state index is 11.6. The number of carboxylic acid groups (broad SMARTS) is 1. The molecule has 2 aliphatic rings. The number of carbonyl (C=O) groups is 1. The lowest BCUT2D eigenvalue weighted by Crippen LogP contribution is -2.18. The van der Waals surface area contributed by atoms with Crippen LogP contribution in [0.15, 0.2) is 36.5 Å². The van der Waals surface area contributed by atoms with Gasteiger partial charge in [0.2, 0.25) is 0 Å². The topological polar surface area (TPSA) is 84.3 Å². The van der Waals surface area contributed by atoms with Crippen molar-refractivity contribution in [3.05, 3.63) is 64.6 Å². The second-order valence-electron chi connectivity index (χ2n) is 9.14. The SMILES string of the molecule is Cc1cc(C(C)Nc2cccnc2C(=O)O)c2cc(C3CCCOC3)c(C3CC3)nc2c1. The average molecular weight is 432 g/mol. The molecule has 1 aliphatic carbocycles. The Labute approximate surface area is 188 Å². The van der Waals surface area contributed by atoms with Crippen LogP contribution < -0.4 is 5.32 Å². The zero-order valence-electron chi connectivity index (χ0n) is 18.6. The molecular formula is C26H29N3O3. The fourth-order valence-corrected chi connectivity index (χ4v) is 4.84. The highest BCUT2D eigenvalue weighted by Crippen LogP contribution is 2.45. The summed E-state index contributed by atoms with van der Waals surface area (Å²) >= 11 is 0. The van der Waals surface area contributed by atoms with Gasteiger partial charge in [-0.3, -0.25) is 4.98 Å². The number of pyridine rings is 2. The third-order valence-corrected chi connectivity index (χ3v) is 6.58. The lowest BCUT2D eigenvalue weighted by atomic mass is 9.88. The van der Waals surface area contributed by atoms with Gasteiger partial charge < -0.3 is 15.2 Å². The number of benzene rings is 1. The molecule has 2 atom stereocenters. The summed E-state index contributed by atoms with van der Waals surface area (Å²) in [6.07, 6.45) is 6.16. The summed E-state index contributed by atoms with van der Waals surface area (Å²) in [7, 11) is 0. The third-order valence-electron chi connectivity index (χ3n) is 6.58. The number of hydrogen-bond acceptors (Lipinski definition) is 5. The molecule has 0 radical (unpaired) electrons. The van der Waals surface area contributed by atoms with Crippen LogP contribution in [0.2, 0.25) is 0 Å². The number of ether oxygens (including phenoxy) is 1. The van der Waals surface area contributed by atoms with E-state index < -0.39 is 5.97 Å². The Morgan fingerprint density at radius 2 is 2.06 bits per heavy atom. The summed E-state index contributed by atoms with van der Waals surface area (Å²) in [6, 6.07) is 10.1. The summed E-state index contributed by atoms with van der Waals surface area (Å²) in [5.41, 5.74) is 6.42. The number of aryl methyl sites for hydroxylation is 1. The summed E-state index contributed by atoms with van der Waals surface area (Å²) in [5, 5.41) is 14.0. The van der Waals surface area contributed by atoms with Crippen molar-refractivity contribution in [2.24, 2.45) is 0 Å². The molecule has 0 spiro atoms. The molecule has 6 heteroatoms. The fourth-order valence-electron chi connectivity index (χ4n) is 4.84. The van der Waals surface area contributed by atoms with E-state index in [1.165, 1.54) is 30.3 Å². The number of fused-ring (bicyclic) bond motifs is 1. The zero-order chi connectivity index (χ0) is 22.2. The van der Waals surface area contributed by atoms with Gasteiger partial charge in [0.15, 0.2) is 5.69 Å². The number of carboxylic acids is 1. The van der Waals surface area contributed by atoms with Crippen molar-refractivity contribution in [3.8, 4) is 0 Å². The number of aromatic nitrogens is 2. The van der Waals surface area contributed by atoms with Crippen LogP contribution in [0, 0.1) is 6.92 Å². The number of rotatable bonds is 6.